The molecule has 0 aliphatic carbocycles. The molecule has 1 aromatic rings. The van der Waals surface area contributed by atoms with E-state index in [-0.39, 0.29) is 0 Å². The molecule has 1 unspecified atom stereocenters. The summed E-state index contributed by atoms with van der Waals surface area (Å²) in [4.78, 5) is 0. The van der Waals surface area contributed by atoms with Gasteiger partial charge in [0, 0.05) is 6.04 Å². The van der Waals surface area contributed by atoms with Crippen molar-refractivity contribution in [3.05, 3.63) is 29.3 Å². The van der Waals surface area contributed by atoms with Crippen molar-refractivity contribution in [2.24, 2.45) is 5.73 Å². The average molecular weight is 236 g/mol. The first-order chi connectivity index (χ1) is 8.22. The Kier molecular flexibility index (Phi) is 6.01. The van der Waals surface area contributed by atoms with Crippen LogP contribution in [0.1, 0.15) is 36.9 Å². The monoisotopic (exact) mass is 236 g/mol. The van der Waals surface area contributed by atoms with Crippen molar-refractivity contribution >= 4 is 0 Å². The Bertz CT molecular complexity index is 339. The van der Waals surface area contributed by atoms with Crippen molar-refractivity contribution in [3.63, 3.8) is 0 Å². The number of nitrogens with one attached hydrogen (secondary N) is 1. The Hall–Kier alpha value is -1.06. The van der Waals surface area contributed by atoms with Crippen LogP contribution in [0.5, 0.6) is 5.75 Å². The SMILES string of the molecule is CCOc1ccc(C(CCCN)NC)cc1C. The molecule has 1 aromatic carbocycles. The predicted molar refractivity (Wildman–Crippen MR) is 72.4 cm³/mol. The van der Waals surface area contributed by atoms with E-state index in [1.165, 1.54) is 11.1 Å². The average Bonchev–Trinajstić information content (AvgIpc) is 2.33. The molecule has 0 saturated carbocycles. The summed E-state index contributed by atoms with van der Waals surface area (Å²) in [6.07, 6.45) is 2.11. The number of hydrogen-bond acceptors (Lipinski definition) is 3. The molecule has 3 N–H and O–H groups in total. The molecule has 0 fully saturated rings. The first-order valence-corrected chi connectivity index (χ1v) is 6.33. The van der Waals surface area contributed by atoms with Crippen molar-refractivity contribution in [1.82, 2.24) is 5.32 Å². The van der Waals surface area contributed by atoms with Gasteiger partial charge >= 0.3 is 0 Å². The normalized spacial score (nSPS) is 12.5. The van der Waals surface area contributed by atoms with Gasteiger partial charge in [0.2, 0.25) is 0 Å². The molecule has 0 spiro atoms. The largest absolute Gasteiger partial charge is 0.494 e. The maximum Gasteiger partial charge on any atom is 0.122 e. The van der Waals surface area contributed by atoms with Crippen LogP contribution in [0.25, 0.3) is 0 Å². The number of nitrogens with two attached hydrogens (primary N) is 1. The second-order valence-electron chi connectivity index (χ2n) is 4.23. The number of benzene rings is 1. The van der Waals surface area contributed by atoms with Crippen LogP contribution in [-0.2, 0) is 0 Å². The van der Waals surface area contributed by atoms with E-state index >= 15 is 0 Å². The summed E-state index contributed by atoms with van der Waals surface area (Å²) in [5.74, 6) is 0.977. The van der Waals surface area contributed by atoms with E-state index in [4.69, 9.17) is 10.5 Å². The van der Waals surface area contributed by atoms with Gasteiger partial charge in [-0.1, -0.05) is 12.1 Å². The Morgan fingerprint density at radius 3 is 2.71 bits per heavy atom. The van der Waals surface area contributed by atoms with E-state index in [1.54, 1.807) is 0 Å². The molecule has 3 heteroatoms. The second kappa shape index (κ2) is 7.30. The zero-order valence-electron chi connectivity index (χ0n) is 11.1. The number of ether oxygens (including phenoxy) is 1. The molecule has 96 valence electrons. The van der Waals surface area contributed by atoms with Gasteiger partial charge in [-0.05, 0) is 57.5 Å². The predicted octanol–water partition coefficient (Wildman–Crippen LogP) is 2.39. The summed E-state index contributed by atoms with van der Waals surface area (Å²) in [5, 5.41) is 3.34. The van der Waals surface area contributed by atoms with Gasteiger partial charge in [0.15, 0.2) is 0 Å². The standard InChI is InChI=1S/C14H24N2O/c1-4-17-14-8-7-12(10-11(14)2)13(16-3)6-5-9-15/h7-8,10,13,16H,4-6,9,15H2,1-3H3. The van der Waals surface area contributed by atoms with E-state index in [9.17, 15) is 0 Å². The Balaban J connectivity index is 2.79. The minimum absolute atomic E-state index is 0.382. The molecule has 3 nitrogen and oxygen atoms in total. The lowest BCUT2D eigenvalue weighted by Crippen LogP contribution is -2.17. The molecule has 0 radical (unpaired) electrons. The lowest BCUT2D eigenvalue weighted by atomic mass is 10.00. The first-order valence-electron chi connectivity index (χ1n) is 6.33. The summed E-state index contributed by atoms with van der Waals surface area (Å²) in [5.41, 5.74) is 8.05. The lowest BCUT2D eigenvalue weighted by molar-refractivity contribution is 0.337. The molecular weight excluding hydrogens is 212 g/mol. The fraction of sp³-hybridized carbons (Fsp3) is 0.571. The molecule has 0 bridgehead atoms. The van der Waals surface area contributed by atoms with Crippen LogP contribution in [0.15, 0.2) is 18.2 Å². The molecular formula is C14H24N2O. The van der Waals surface area contributed by atoms with E-state index in [2.05, 4.69) is 30.4 Å². The van der Waals surface area contributed by atoms with Crippen LogP contribution in [0.3, 0.4) is 0 Å². The van der Waals surface area contributed by atoms with Crippen molar-refractivity contribution < 1.29 is 4.74 Å². The van der Waals surface area contributed by atoms with Crippen molar-refractivity contribution in [3.8, 4) is 5.75 Å². The quantitative estimate of drug-likeness (QED) is 0.764. The molecule has 0 heterocycles. The Morgan fingerprint density at radius 2 is 2.18 bits per heavy atom. The van der Waals surface area contributed by atoms with E-state index in [0.717, 1.165) is 25.1 Å². The van der Waals surface area contributed by atoms with Gasteiger partial charge in [-0.2, -0.15) is 0 Å². The number of rotatable bonds is 7. The fourth-order valence-electron chi connectivity index (χ4n) is 2.01. The summed E-state index contributed by atoms with van der Waals surface area (Å²) in [6, 6.07) is 6.77. The summed E-state index contributed by atoms with van der Waals surface area (Å²) >= 11 is 0. The molecule has 0 aliphatic heterocycles. The maximum atomic E-state index is 5.56. The molecule has 1 rings (SSSR count). The van der Waals surface area contributed by atoms with Gasteiger partial charge in [0.25, 0.3) is 0 Å². The Labute approximate surface area is 104 Å². The lowest BCUT2D eigenvalue weighted by Gasteiger charge is -2.18. The van der Waals surface area contributed by atoms with Gasteiger partial charge in [-0.25, -0.2) is 0 Å². The highest BCUT2D eigenvalue weighted by molar-refractivity contribution is 5.37. The van der Waals surface area contributed by atoms with Crippen LogP contribution >= 0.6 is 0 Å². The highest BCUT2D eigenvalue weighted by Gasteiger charge is 2.10. The van der Waals surface area contributed by atoms with Crippen molar-refractivity contribution in [2.75, 3.05) is 20.2 Å². The smallest absolute Gasteiger partial charge is 0.122 e. The third-order valence-corrected chi connectivity index (χ3v) is 2.95. The first kappa shape index (κ1) is 14.0. The summed E-state index contributed by atoms with van der Waals surface area (Å²) in [7, 11) is 1.99. The highest BCUT2D eigenvalue weighted by Crippen LogP contribution is 2.24. The summed E-state index contributed by atoms with van der Waals surface area (Å²) in [6.45, 7) is 5.55. The zero-order valence-corrected chi connectivity index (χ0v) is 11.1. The third-order valence-electron chi connectivity index (χ3n) is 2.95. The number of aryl methyl sites for hydroxylation is 1. The van der Waals surface area contributed by atoms with Gasteiger partial charge in [0.1, 0.15) is 5.75 Å². The third kappa shape index (κ3) is 4.02. The second-order valence-corrected chi connectivity index (χ2v) is 4.23. The van der Waals surface area contributed by atoms with Gasteiger partial charge in [0.05, 0.1) is 6.61 Å². The van der Waals surface area contributed by atoms with Crippen LogP contribution in [0, 0.1) is 6.92 Å². The minimum atomic E-state index is 0.382. The highest BCUT2D eigenvalue weighted by atomic mass is 16.5. The van der Waals surface area contributed by atoms with Gasteiger partial charge in [-0.3, -0.25) is 0 Å². The van der Waals surface area contributed by atoms with Gasteiger partial charge in [-0.15, -0.1) is 0 Å². The zero-order chi connectivity index (χ0) is 12.7. The molecule has 0 aromatic heterocycles. The van der Waals surface area contributed by atoms with Crippen LogP contribution in [-0.4, -0.2) is 20.2 Å². The summed E-state index contributed by atoms with van der Waals surface area (Å²) < 4.78 is 5.55. The maximum absolute atomic E-state index is 5.56. The Morgan fingerprint density at radius 1 is 1.41 bits per heavy atom. The molecule has 0 amide bonds. The topological polar surface area (TPSA) is 47.3 Å². The fourth-order valence-corrected chi connectivity index (χ4v) is 2.01. The van der Waals surface area contributed by atoms with Gasteiger partial charge < -0.3 is 15.8 Å². The van der Waals surface area contributed by atoms with Crippen molar-refractivity contribution in [2.45, 2.75) is 32.7 Å². The molecule has 0 aliphatic rings. The van der Waals surface area contributed by atoms with Crippen LogP contribution in [0.4, 0.5) is 0 Å². The van der Waals surface area contributed by atoms with E-state index in [1.807, 2.05) is 14.0 Å². The van der Waals surface area contributed by atoms with E-state index in [0.29, 0.717) is 12.6 Å². The van der Waals surface area contributed by atoms with Crippen LogP contribution in [0.2, 0.25) is 0 Å². The van der Waals surface area contributed by atoms with Crippen LogP contribution < -0.4 is 15.8 Å². The molecule has 17 heavy (non-hydrogen) atoms. The van der Waals surface area contributed by atoms with E-state index < -0.39 is 0 Å². The molecule has 1 atom stereocenters. The van der Waals surface area contributed by atoms with Crippen molar-refractivity contribution in [1.29, 1.82) is 0 Å². The molecule has 0 saturated heterocycles. The minimum Gasteiger partial charge on any atom is -0.494 e. The number of hydrogen-bond donors (Lipinski definition) is 2.